The Bertz CT molecular complexity index is 989. The summed E-state index contributed by atoms with van der Waals surface area (Å²) in [6, 6.07) is 16.9. The van der Waals surface area contributed by atoms with E-state index < -0.39 is 0 Å². The second kappa shape index (κ2) is 9.06. The highest BCUT2D eigenvalue weighted by Crippen LogP contribution is 2.29. The van der Waals surface area contributed by atoms with Crippen LogP contribution in [0.25, 0.3) is 10.9 Å². The van der Waals surface area contributed by atoms with Crippen LogP contribution in [0, 0.1) is 0 Å². The lowest BCUT2D eigenvalue weighted by molar-refractivity contribution is 0.101. The Hall–Kier alpha value is -2.24. The summed E-state index contributed by atoms with van der Waals surface area (Å²) in [5.41, 5.74) is 3.37. The van der Waals surface area contributed by atoms with E-state index in [0.717, 1.165) is 62.2 Å². The molecule has 29 heavy (non-hydrogen) atoms. The maximum Gasteiger partial charge on any atom is 0.161 e. The number of fused-ring (bicyclic) bond motifs is 1. The number of aryl methyl sites for hydroxylation is 1. The first-order valence-corrected chi connectivity index (χ1v) is 11.6. The highest BCUT2D eigenvalue weighted by Gasteiger charge is 2.19. The van der Waals surface area contributed by atoms with Crippen LogP contribution in [-0.2, 0) is 6.54 Å². The Balaban J connectivity index is 1.33. The van der Waals surface area contributed by atoms with Crippen molar-refractivity contribution < 1.29 is 4.79 Å². The lowest BCUT2D eigenvalue weighted by atomic mass is 10.1. The Morgan fingerprint density at radius 3 is 2.45 bits per heavy atom. The molecule has 0 N–H and O–H groups in total. The van der Waals surface area contributed by atoms with E-state index in [1.54, 1.807) is 6.92 Å². The van der Waals surface area contributed by atoms with Gasteiger partial charge in [-0.15, -0.1) is 11.8 Å². The van der Waals surface area contributed by atoms with Crippen molar-refractivity contribution in [2.24, 2.45) is 0 Å². The Kier molecular flexibility index (Phi) is 6.26. The van der Waals surface area contributed by atoms with E-state index in [4.69, 9.17) is 0 Å². The van der Waals surface area contributed by atoms with Crippen LogP contribution in [0.5, 0.6) is 0 Å². The molecule has 0 saturated carbocycles. The molecule has 0 bridgehead atoms. The Labute approximate surface area is 177 Å². The summed E-state index contributed by atoms with van der Waals surface area (Å²) in [5.74, 6) is 0.140. The average Bonchev–Trinajstić information content (AvgIpc) is 3.13. The fourth-order valence-electron chi connectivity index (χ4n) is 4.28. The lowest BCUT2D eigenvalue weighted by Crippen LogP contribution is -2.46. The summed E-state index contributed by atoms with van der Waals surface area (Å²) in [4.78, 5) is 18.4. The fourth-order valence-corrected chi connectivity index (χ4v) is 4.90. The fraction of sp³-hybridized carbons (Fsp3) is 0.375. The van der Waals surface area contributed by atoms with Crippen molar-refractivity contribution in [2.75, 3.05) is 43.9 Å². The van der Waals surface area contributed by atoms with Gasteiger partial charge in [-0.3, -0.25) is 9.69 Å². The van der Waals surface area contributed by atoms with Gasteiger partial charge in [0, 0.05) is 60.3 Å². The van der Waals surface area contributed by atoms with Crippen molar-refractivity contribution >= 4 is 34.1 Å². The number of para-hydroxylation sites is 2. The van der Waals surface area contributed by atoms with Crippen LogP contribution in [-0.4, -0.2) is 54.2 Å². The average molecular weight is 408 g/mol. The van der Waals surface area contributed by atoms with Crippen LogP contribution in [0.4, 0.5) is 5.69 Å². The molecule has 0 radical (unpaired) electrons. The van der Waals surface area contributed by atoms with E-state index in [9.17, 15) is 4.79 Å². The summed E-state index contributed by atoms with van der Waals surface area (Å²) in [5, 5.41) is 1.07. The van der Waals surface area contributed by atoms with E-state index in [-0.39, 0.29) is 5.78 Å². The van der Waals surface area contributed by atoms with Crippen LogP contribution in [0.1, 0.15) is 23.7 Å². The molecule has 4 rings (SSSR count). The summed E-state index contributed by atoms with van der Waals surface area (Å²) < 4.78 is 2.25. The number of anilines is 1. The van der Waals surface area contributed by atoms with E-state index in [1.165, 1.54) is 10.6 Å². The van der Waals surface area contributed by atoms with Gasteiger partial charge in [-0.2, -0.15) is 0 Å². The van der Waals surface area contributed by atoms with E-state index >= 15 is 0 Å². The number of rotatable bonds is 7. The first-order valence-electron chi connectivity index (χ1n) is 10.4. The zero-order valence-corrected chi connectivity index (χ0v) is 18.1. The zero-order valence-electron chi connectivity index (χ0n) is 17.3. The predicted octanol–water partition coefficient (Wildman–Crippen LogP) is 4.78. The van der Waals surface area contributed by atoms with Gasteiger partial charge in [0.15, 0.2) is 5.78 Å². The molecule has 0 atom stereocenters. The molecular formula is C24H29N3OS. The van der Waals surface area contributed by atoms with Gasteiger partial charge < -0.3 is 9.47 Å². The first kappa shape index (κ1) is 20.0. The van der Waals surface area contributed by atoms with Crippen LogP contribution in [0.2, 0.25) is 0 Å². The lowest BCUT2D eigenvalue weighted by Gasteiger charge is -2.36. The van der Waals surface area contributed by atoms with Crippen molar-refractivity contribution in [3.63, 3.8) is 0 Å². The quantitative estimate of drug-likeness (QED) is 0.416. The highest BCUT2D eigenvalue weighted by molar-refractivity contribution is 7.98. The molecule has 1 aliphatic heterocycles. The number of benzene rings is 2. The van der Waals surface area contributed by atoms with Gasteiger partial charge in [0.05, 0.1) is 5.69 Å². The maximum absolute atomic E-state index is 12.0. The first-order chi connectivity index (χ1) is 14.2. The highest BCUT2D eigenvalue weighted by atomic mass is 32.2. The Morgan fingerprint density at radius 2 is 1.69 bits per heavy atom. The minimum atomic E-state index is 0.140. The standard InChI is InChI=1S/C24H29N3OS/c1-19(28)21-18-27(22-9-4-3-8-20(21)22)13-7-12-25-14-16-26(17-15-25)23-10-5-6-11-24(23)29-2/h3-6,8-11,18H,7,12-17H2,1-2H3. The molecule has 0 aliphatic carbocycles. The molecule has 2 aromatic carbocycles. The summed E-state index contributed by atoms with van der Waals surface area (Å²) >= 11 is 1.82. The smallest absolute Gasteiger partial charge is 0.161 e. The van der Waals surface area contributed by atoms with Crippen molar-refractivity contribution in [2.45, 2.75) is 24.8 Å². The number of carbonyl (C=O) groups excluding carboxylic acids is 1. The summed E-state index contributed by atoms with van der Waals surface area (Å²) in [6.45, 7) is 8.07. The van der Waals surface area contributed by atoms with Crippen molar-refractivity contribution in [3.05, 3.63) is 60.3 Å². The number of ketones is 1. The molecule has 5 heteroatoms. The van der Waals surface area contributed by atoms with Crippen molar-refractivity contribution in [1.29, 1.82) is 0 Å². The molecule has 2 heterocycles. The Morgan fingerprint density at radius 1 is 0.966 bits per heavy atom. The van der Waals surface area contributed by atoms with Crippen molar-refractivity contribution in [3.8, 4) is 0 Å². The molecule has 1 fully saturated rings. The number of piperazine rings is 1. The molecule has 4 nitrogen and oxygen atoms in total. The SMILES string of the molecule is CSc1ccccc1N1CCN(CCCn2cc(C(C)=O)c3ccccc32)CC1. The third-order valence-electron chi connectivity index (χ3n) is 5.84. The van der Waals surface area contributed by atoms with Crippen LogP contribution >= 0.6 is 11.8 Å². The van der Waals surface area contributed by atoms with Gasteiger partial charge in [-0.1, -0.05) is 30.3 Å². The van der Waals surface area contributed by atoms with Gasteiger partial charge in [0.2, 0.25) is 0 Å². The van der Waals surface area contributed by atoms with Gasteiger partial charge >= 0.3 is 0 Å². The molecule has 0 spiro atoms. The maximum atomic E-state index is 12.0. The van der Waals surface area contributed by atoms with Crippen LogP contribution in [0.15, 0.2) is 59.6 Å². The number of carbonyl (C=O) groups is 1. The number of thioether (sulfide) groups is 1. The third-order valence-corrected chi connectivity index (χ3v) is 6.62. The number of aromatic nitrogens is 1. The molecule has 1 saturated heterocycles. The third kappa shape index (κ3) is 4.36. The molecule has 1 aromatic heterocycles. The summed E-state index contributed by atoms with van der Waals surface area (Å²) in [7, 11) is 0. The largest absolute Gasteiger partial charge is 0.368 e. The van der Waals surface area contributed by atoms with Gasteiger partial charge in [0.25, 0.3) is 0 Å². The molecular weight excluding hydrogens is 378 g/mol. The normalized spacial score (nSPS) is 15.2. The minimum Gasteiger partial charge on any atom is -0.368 e. The van der Waals surface area contributed by atoms with E-state index in [0.29, 0.717) is 0 Å². The van der Waals surface area contributed by atoms with E-state index in [1.807, 2.05) is 36.2 Å². The zero-order chi connectivity index (χ0) is 20.2. The molecule has 0 unspecified atom stereocenters. The molecule has 3 aromatic rings. The number of nitrogens with zero attached hydrogens (tertiary/aromatic N) is 3. The van der Waals surface area contributed by atoms with Gasteiger partial charge in [0.1, 0.15) is 0 Å². The van der Waals surface area contributed by atoms with Crippen molar-refractivity contribution in [1.82, 2.24) is 9.47 Å². The second-order valence-electron chi connectivity index (χ2n) is 7.66. The van der Waals surface area contributed by atoms with Gasteiger partial charge in [-0.25, -0.2) is 0 Å². The molecule has 1 aliphatic rings. The monoisotopic (exact) mass is 407 g/mol. The topological polar surface area (TPSA) is 28.5 Å². The minimum absolute atomic E-state index is 0.140. The predicted molar refractivity (Wildman–Crippen MR) is 123 cm³/mol. The van der Waals surface area contributed by atoms with Crippen LogP contribution in [0.3, 0.4) is 0 Å². The van der Waals surface area contributed by atoms with E-state index in [2.05, 4.69) is 51.0 Å². The summed E-state index contributed by atoms with van der Waals surface area (Å²) in [6.07, 6.45) is 5.28. The number of Topliss-reactive ketones (excluding diaryl/α,β-unsaturated/α-hetero) is 1. The number of hydrogen-bond acceptors (Lipinski definition) is 4. The van der Waals surface area contributed by atoms with Crippen LogP contribution < -0.4 is 4.90 Å². The molecule has 152 valence electrons. The second-order valence-corrected chi connectivity index (χ2v) is 8.51. The molecule has 0 amide bonds. The number of hydrogen-bond donors (Lipinski definition) is 0. The van der Waals surface area contributed by atoms with Gasteiger partial charge in [-0.05, 0) is 44.3 Å².